The lowest BCUT2D eigenvalue weighted by molar-refractivity contribution is -0.142. The number of carbonyl (C=O) groups excluding carboxylic acids is 14. The number of para-hydroxylation sites is 1. The SMILES string of the molecule is CC(=O)N[C@@H](Cc1ccccc1)C(=O)N[C@H]1CCCNC(=O)[C@H](CCCN=C(N)N)CC(=O)[C@H](Cc2c[nH]c3ccccc23)NC(=O)[C@@H](Cc2ccc(O)cc2)NC(=O)[C@@H]2CCCN2C1=O.CC(=O)N[C@@H](Cc1ccccc1)C(=O)N[C@H]1CCCNC(=O)[C@H](CCCN=C(N)N)CC(=O)[C@H](Cc2ccccc2)NC(=O)[C@@H](CCCCC(=N)N)NC(=O)[C@@H]2CCCN2C1=O. The Kier molecular flexibility index (Phi) is 38.3. The van der Waals surface area contributed by atoms with E-state index in [0.29, 0.717) is 50.5 Å². The van der Waals surface area contributed by atoms with E-state index >= 15 is 0 Å². The number of Topliss-reactive ketones (excluding diaryl/α,β-unsaturated/α-hetero) is 2. The second kappa shape index (κ2) is 49.9. The lowest BCUT2D eigenvalue weighted by Crippen LogP contribution is -2.59. The Bertz CT molecular complexity index is 4870. The van der Waals surface area contributed by atoms with Crippen molar-refractivity contribution >= 4 is 111 Å². The number of benzene rings is 5. The Morgan fingerprint density at radius 3 is 1.36 bits per heavy atom. The predicted octanol–water partition coefficient (Wildman–Crippen LogP) is 1.85. The van der Waals surface area contributed by atoms with Gasteiger partial charge in [0.2, 0.25) is 70.9 Å². The smallest absolute Gasteiger partial charge is 0.245 e. The van der Waals surface area contributed by atoms with Crippen molar-refractivity contribution in [2.75, 3.05) is 39.3 Å². The molecule has 0 radical (unpaired) electrons. The van der Waals surface area contributed by atoms with Crippen LogP contribution in [-0.4, -0.2) is 220 Å². The van der Waals surface area contributed by atoms with Gasteiger partial charge >= 0.3 is 0 Å². The molecule has 4 saturated heterocycles. The Hall–Kier alpha value is -13.6. The average molecular weight is 1760 g/mol. The first-order chi connectivity index (χ1) is 61.5. The number of aromatic hydroxyl groups is 1. The second-order valence-corrected chi connectivity index (χ2v) is 33.0. The van der Waals surface area contributed by atoms with Gasteiger partial charge in [-0.15, -0.1) is 0 Å². The summed E-state index contributed by atoms with van der Waals surface area (Å²) in [5, 5.41) is 46.9. The molecule has 4 aliphatic heterocycles. The van der Waals surface area contributed by atoms with Gasteiger partial charge in [-0.2, -0.15) is 0 Å². The fraction of sp³-hybridized carbons (Fsp3) is 0.467. The van der Waals surface area contributed by atoms with E-state index in [1.165, 1.54) is 35.8 Å². The number of ketones is 2. The molecule has 0 unspecified atom stereocenters. The van der Waals surface area contributed by atoms with Gasteiger partial charge < -0.3 is 102 Å². The first kappa shape index (κ1) is 98.2. The molecule has 0 saturated carbocycles. The minimum atomic E-state index is -1.25. The van der Waals surface area contributed by atoms with Gasteiger partial charge in [-0.1, -0.05) is 128 Å². The van der Waals surface area contributed by atoms with Gasteiger partial charge in [0.1, 0.15) is 54.1 Å². The van der Waals surface area contributed by atoms with Gasteiger partial charge in [-0.05, 0) is 142 Å². The summed E-state index contributed by atoms with van der Waals surface area (Å²) >= 11 is 0. The predicted molar refractivity (Wildman–Crippen MR) is 481 cm³/mol. The zero-order chi connectivity index (χ0) is 92.2. The van der Waals surface area contributed by atoms with E-state index in [4.69, 9.17) is 34.1 Å². The van der Waals surface area contributed by atoms with Gasteiger partial charge in [0.15, 0.2) is 23.5 Å². The number of guanidine groups is 2. The minimum Gasteiger partial charge on any atom is -0.508 e. The third kappa shape index (κ3) is 31.2. The highest BCUT2D eigenvalue weighted by Crippen LogP contribution is 2.27. The maximum atomic E-state index is 14.6. The number of nitrogens with zero attached hydrogens (tertiary/aromatic N) is 4. The Balaban J connectivity index is 0.000000290. The summed E-state index contributed by atoms with van der Waals surface area (Å²) in [4.78, 5) is 210. The molecule has 36 heteroatoms. The summed E-state index contributed by atoms with van der Waals surface area (Å²) in [5.41, 5.74) is 32.2. The number of aromatic amines is 1. The Morgan fingerprint density at radius 1 is 0.469 bits per heavy atom. The van der Waals surface area contributed by atoms with Crippen LogP contribution < -0.4 is 81.8 Å². The second-order valence-electron chi connectivity index (χ2n) is 33.0. The molecular weight excluding hydrogens is 1640 g/mol. The number of nitrogens with one attached hydrogen (secondary N) is 12. The van der Waals surface area contributed by atoms with Crippen LogP contribution in [-0.2, 0) is 99.2 Å². The number of aliphatic imine (C=N–C) groups is 2. The topological polar surface area (TPSA) is 580 Å². The van der Waals surface area contributed by atoms with Crippen molar-refractivity contribution in [1.82, 2.24) is 68.0 Å². The number of H-pyrrole nitrogens is 1. The molecule has 0 spiro atoms. The van der Waals surface area contributed by atoms with Crippen LogP contribution >= 0.6 is 0 Å². The van der Waals surface area contributed by atoms with Gasteiger partial charge in [0, 0.05) is 127 Å². The number of fused-ring (bicyclic) bond motifs is 3. The molecule has 12 atom stereocenters. The number of nitrogens with two attached hydrogens (primary N) is 5. The van der Waals surface area contributed by atoms with Gasteiger partial charge in [0.25, 0.3) is 0 Å². The molecule has 5 aromatic carbocycles. The zero-order valence-electron chi connectivity index (χ0n) is 72.6. The third-order valence-corrected chi connectivity index (χ3v) is 23.1. The number of unbranched alkanes of at least 4 members (excludes halogenated alkanes) is 1. The van der Waals surface area contributed by atoms with E-state index in [1.54, 1.807) is 18.3 Å². The van der Waals surface area contributed by atoms with Crippen molar-refractivity contribution in [2.24, 2.45) is 50.5 Å². The highest BCUT2D eigenvalue weighted by molar-refractivity contribution is 6.00. The molecule has 0 bridgehead atoms. The fourth-order valence-electron chi connectivity index (χ4n) is 16.5. The molecule has 6 aromatic rings. The first-order valence-corrected chi connectivity index (χ1v) is 43.9. The monoisotopic (exact) mass is 1760 g/mol. The van der Waals surface area contributed by atoms with Crippen LogP contribution in [0.3, 0.4) is 0 Å². The molecule has 686 valence electrons. The van der Waals surface area contributed by atoms with Crippen LogP contribution in [0.5, 0.6) is 5.75 Å². The maximum absolute atomic E-state index is 14.6. The molecule has 12 amide bonds. The number of carbonyl (C=O) groups is 14. The minimum absolute atomic E-state index is 0.00319. The quantitative estimate of drug-likeness (QED) is 0.0181. The molecule has 0 aliphatic carbocycles. The first-order valence-electron chi connectivity index (χ1n) is 43.9. The Morgan fingerprint density at radius 2 is 0.891 bits per heavy atom. The molecule has 1 aromatic heterocycles. The van der Waals surface area contributed by atoms with Crippen molar-refractivity contribution in [3.63, 3.8) is 0 Å². The highest BCUT2D eigenvalue weighted by Gasteiger charge is 2.43. The number of hydrogen-bond acceptors (Lipinski definition) is 18. The molecule has 5 heterocycles. The molecule has 23 N–H and O–H groups in total. The fourth-order valence-corrected chi connectivity index (χ4v) is 16.5. The lowest BCUT2D eigenvalue weighted by atomic mass is 9.90. The molecule has 36 nitrogen and oxygen atoms in total. The van der Waals surface area contributed by atoms with Gasteiger partial charge in [-0.3, -0.25) is 82.5 Å². The number of hydrogen-bond donors (Lipinski definition) is 18. The van der Waals surface area contributed by atoms with Gasteiger partial charge in [0.05, 0.1) is 17.9 Å². The van der Waals surface area contributed by atoms with Crippen molar-refractivity contribution in [3.05, 3.63) is 174 Å². The van der Waals surface area contributed by atoms with Crippen molar-refractivity contribution in [3.8, 4) is 5.75 Å². The van der Waals surface area contributed by atoms with Crippen LogP contribution in [0.2, 0.25) is 0 Å². The van der Waals surface area contributed by atoms with E-state index in [1.807, 2.05) is 115 Å². The third-order valence-electron chi connectivity index (χ3n) is 23.1. The molecule has 4 aliphatic rings. The van der Waals surface area contributed by atoms with E-state index in [2.05, 4.69) is 68.1 Å². The summed E-state index contributed by atoms with van der Waals surface area (Å²) in [7, 11) is 0. The number of phenols is 1. The zero-order valence-corrected chi connectivity index (χ0v) is 72.6. The molecule has 4 fully saturated rings. The summed E-state index contributed by atoms with van der Waals surface area (Å²) in [6.07, 6.45) is 6.40. The number of aromatic nitrogens is 1. The van der Waals surface area contributed by atoms with Crippen molar-refractivity contribution in [1.29, 1.82) is 5.41 Å². The van der Waals surface area contributed by atoms with E-state index in [9.17, 15) is 72.2 Å². The van der Waals surface area contributed by atoms with E-state index in [-0.39, 0.29) is 171 Å². The number of phenolic OH excluding ortho intramolecular Hbond substituents is 1. The largest absolute Gasteiger partial charge is 0.508 e. The summed E-state index contributed by atoms with van der Waals surface area (Å²) in [5.74, 6) is -9.13. The summed E-state index contributed by atoms with van der Waals surface area (Å²) < 4.78 is 0. The molecule has 128 heavy (non-hydrogen) atoms. The lowest BCUT2D eigenvalue weighted by Gasteiger charge is -2.31. The van der Waals surface area contributed by atoms with Crippen molar-refractivity contribution in [2.45, 2.75) is 222 Å². The van der Waals surface area contributed by atoms with E-state index < -0.39 is 149 Å². The number of rotatable bonds is 29. The van der Waals surface area contributed by atoms with Gasteiger partial charge in [-0.25, -0.2) is 0 Å². The number of amides is 12. The average Bonchev–Trinajstić information content (AvgIpc) is 1.67. The molecular formula is C92H123N21O15. The number of amidine groups is 1. The van der Waals surface area contributed by atoms with Crippen molar-refractivity contribution < 1.29 is 72.2 Å². The van der Waals surface area contributed by atoms with E-state index in [0.717, 1.165) is 33.2 Å². The van der Waals surface area contributed by atoms with Crippen LogP contribution in [0.4, 0.5) is 0 Å². The maximum Gasteiger partial charge on any atom is 0.245 e. The molecule has 10 rings (SSSR count). The van der Waals surface area contributed by atoms with Crippen LogP contribution in [0.15, 0.2) is 156 Å². The van der Waals surface area contributed by atoms with Crippen LogP contribution in [0, 0.1) is 17.2 Å². The normalized spacial score (nSPS) is 21.9. The standard InChI is InChI=1S/C48H60N10O8.C44H63N11O7/c1-29(59)54-39(24-30-10-3-2-4-11-30)44(63)55-37-15-8-21-51-43(62)32(12-7-22-52-48(49)50)27-42(61)38(26-33-28-53-36-14-6-5-13-35(33)36)56-45(64)40(25-31-17-19-34(60)20-18-31)57-46(65)41-16-9-23-58(41)47(37)66;1-28(56)51-35(26-30-15-6-3-7-16-30)41(60)53-33-19-11-22-49-39(58)31(17-10-23-50-44(47)48)27-37(57)34(25-29-13-4-2-5-14-29)54-40(59)32(18-8-9-21-38(45)46)52-42(61)36-20-12-24-55(36)43(33)62/h2-6,10-11,13-14,17-20,28,32,37-41,53,60H,7-9,12,15-16,21-27H2,1H3,(H,51,62)(H,54,59)(H,55,63)(H,56,64)(H,57,65)(H4,49,50,52);2-7,13-16,31-36H,8-12,17-27H2,1H3,(H3,45,46)(H,49,58)(H,51,56)(H,52,61)(H,53,60)(H,54,59)(H4,47,48,50)/t32-,37+,38+,39+,40-,41+;31-,32-,33+,34+,35+,36+/m11/s1. The highest BCUT2D eigenvalue weighted by atomic mass is 16.3. The summed E-state index contributed by atoms with van der Waals surface area (Å²) in [6, 6.07) is 30.1. The Labute approximate surface area is 744 Å². The van der Waals surface area contributed by atoms with Crippen LogP contribution in [0.1, 0.15) is 157 Å². The van der Waals surface area contributed by atoms with Crippen LogP contribution in [0.25, 0.3) is 10.9 Å². The summed E-state index contributed by atoms with van der Waals surface area (Å²) in [6.45, 7) is 3.60.